The standard InChI is InChI=1S/C33H24BrN3O4S/c1-3-40-33(39)24-10-8-21(9-11-24)28-17-16-27(41-28)18-25(19-35)31-36-29(22-6-4-20(2)5-7-22)32(42-31)37-30(38)23-12-14-26(34)15-13-23/h4-18H,3H2,1-2H3,(H,37,38)/b25-18+. The van der Waals surface area contributed by atoms with E-state index in [0.29, 0.717) is 45.0 Å². The lowest BCUT2D eigenvalue weighted by atomic mass is 10.1. The summed E-state index contributed by atoms with van der Waals surface area (Å²) in [7, 11) is 0. The highest BCUT2D eigenvalue weighted by molar-refractivity contribution is 9.10. The van der Waals surface area contributed by atoms with Crippen molar-refractivity contribution in [2.75, 3.05) is 11.9 Å². The van der Waals surface area contributed by atoms with Crippen LogP contribution in [0, 0.1) is 18.3 Å². The van der Waals surface area contributed by atoms with Gasteiger partial charge >= 0.3 is 5.97 Å². The Bertz CT molecular complexity index is 1810. The Labute approximate surface area is 255 Å². The summed E-state index contributed by atoms with van der Waals surface area (Å²) in [4.78, 5) is 29.8. The number of nitriles is 1. The van der Waals surface area contributed by atoms with Gasteiger partial charge in [-0.15, -0.1) is 0 Å². The van der Waals surface area contributed by atoms with E-state index in [4.69, 9.17) is 14.1 Å². The maximum absolute atomic E-state index is 13.1. The Morgan fingerprint density at radius 1 is 0.976 bits per heavy atom. The third-order valence-corrected chi connectivity index (χ3v) is 7.76. The van der Waals surface area contributed by atoms with E-state index in [0.717, 1.165) is 21.2 Å². The van der Waals surface area contributed by atoms with Crippen LogP contribution >= 0.6 is 27.3 Å². The summed E-state index contributed by atoms with van der Waals surface area (Å²) in [5.74, 6) is 0.379. The van der Waals surface area contributed by atoms with Crippen molar-refractivity contribution >= 4 is 55.8 Å². The Balaban J connectivity index is 1.45. The molecule has 0 spiro atoms. The van der Waals surface area contributed by atoms with Crippen LogP contribution in [-0.2, 0) is 4.74 Å². The molecule has 208 valence electrons. The van der Waals surface area contributed by atoms with Crippen molar-refractivity contribution in [2.45, 2.75) is 13.8 Å². The number of thiazole rings is 1. The Morgan fingerprint density at radius 3 is 2.31 bits per heavy atom. The highest BCUT2D eigenvalue weighted by Crippen LogP contribution is 2.37. The lowest BCUT2D eigenvalue weighted by Crippen LogP contribution is -2.11. The first-order chi connectivity index (χ1) is 20.3. The Kier molecular flexibility index (Phi) is 8.77. The van der Waals surface area contributed by atoms with Gasteiger partial charge in [-0.3, -0.25) is 4.79 Å². The number of hydrogen-bond donors (Lipinski definition) is 1. The average Bonchev–Trinajstić information content (AvgIpc) is 3.64. The molecule has 2 aromatic heterocycles. The Morgan fingerprint density at radius 2 is 1.64 bits per heavy atom. The van der Waals surface area contributed by atoms with Gasteiger partial charge in [0.25, 0.3) is 5.91 Å². The number of carbonyl (C=O) groups excluding carboxylic acids is 2. The molecule has 0 atom stereocenters. The number of hydrogen-bond acceptors (Lipinski definition) is 7. The van der Waals surface area contributed by atoms with Gasteiger partial charge < -0.3 is 14.5 Å². The highest BCUT2D eigenvalue weighted by Gasteiger charge is 2.19. The van der Waals surface area contributed by atoms with Crippen molar-refractivity contribution in [1.29, 1.82) is 5.26 Å². The second kappa shape index (κ2) is 12.8. The predicted octanol–water partition coefficient (Wildman–Crippen LogP) is 8.63. The minimum absolute atomic E-state index is 0.279. The van der Waals surface area contributed by atoms with Gasteiger partial charge in [-0.25, -0.2) is 9.78 Å². The van der Waals surface area contributed by atoms with Gasteiger partial charge in [0.1, 0.15) is 33.3 Å². The molecule has 7 nitrogen and oxygen atoms in total. The summed E-state index contributed by atoms with van der Waals surface area (Å²) < 4.78 is 11.9. The molecule has 0 fully saturated rings. The zero-order valence-corrected chi connectivity index (χ0v) is 25.1. The maximum atomic E-state index is 13.1. The molecule has 5 aromatic rings. The van der Waals surface area contributed by atoms with E-state index in [9.17, 15) is 14.9 Å². The van der Waals surface area contributed by atoms with Crippen LogP contribution < -0.4 is 5.32 Å². The van der Waals surface area contributed by atoms with Crippen molar-refractivity contribution in [3.05, 3.63) is 117 Å². The molecule has 1 amide bonds. The molecule has 0 saturated heterocycles. The molecule has 0 radical (unpaired) electrons. The number of rotatable bonds is 8. The zero-order chi connectivity index (χ0) is 29.6. The summed E-state index contributed by atoms with van der Waals surface area (Å²) in [6, 6.07) is 27.6. The SMILES string of the molecule is CCOC(=O)c1ccc(-c2ccc(/C=C(\C#N)c3nc(-c4ccc(C)cc4)c(NC(=O)c4ccc(Br)cc4)s3)o2)cc1. The number of aryl methyl sites for hydroxylation is 1. The third-order valence-electron chi connectivity index (χ3n) is 6.23. The minimum atomic E-state index is -0.383. The molecular weight excluding hydrogens is 614 g/mol. The van der Waals surface area contributed by atoms with Crippen LogP contribution in [-0.4, -0.2) is 23.5 Å². The van der Waals surface area contributed by atoms with Crippen molar-refractivity contribution in [1.82, 2.24) is 4.98 Å². The van der Waals surface area contributed by atoms with Gasteiger partial charge in [-0.05, 0) is 62.4 Å². The zero-order valence-electron chi connectivity index (χ0n) is 22.7. The van der Waals surface area contributed by atoms with E-state index in [-0.39, 0.29) is 17.4 Å². The molecule has 3 aromatic carbocycles. The summed E-state index contributed by atoms with van der Waals surface area (Å²) in [6.45, 7) is 4.06. The fraction of sp³-hybridized carbons (Fsp3) is 0.0909. The number of benzene rings is 3. The van der Waals surface area contributed by atoms with Gasteiger partial charge in [0.05, 0.1) is 17.7 Å². The van der Waals surface area contributed by atoms with Crippen LogP contribution in [0.25, 0.3) is 34.2 Å². The largest absolute Gasteiger partial charge is 0.462 e. The fourth-order valence-electron chi connectivity index (χ4n) is 4.06. The molecule has 42 heavy (non-hydrogen) atoms. The van der Waals surface area contributed by atoms with Gasteiger partial charge in [0, 0.05) is 27.2 Å². The number of nitrogens with one attached hydrogen (secondary N) is 1. The number of carbonyl (C=O) groups is 2. The van der Waals surface area contributed by atoms with Crippen molar-refractivity contribution in [2.24, 2.45) is 0 Å². The molecular formula is C33H24BrN3O4S. The highest BCUT2D eigenvalue weighted by atomic mass is 79.9. The van der Waals surface area contributed by atoms with Gasteiger partial charge in [-0.2, -0.15) is 5.26 Å². The molecule has 0 aliphatic carbocycles. The molecule has 9 heteroatoms. The smallest absolute Gasteiger partial charge is 0.338 e. The van der Waals surface area contributed by atoms with Gasteiger partial charge in [0.15, 0.2) is 0 Å². The van der Waals surface area contributed by atoms with E-state index >= 15 is 0 Å². The van der Waals surface area contributed by atoms with Crippen LogP contribution in [0.2, 0.25) is 0 Å². The first-order valence-electron chi connectivity index (χ1n) is 13.0. The molecule has 1 N–H and O–H groups in total. The topological polar surface area (TPSA) is 105 Å². The van der Waals surface area contributed by atoms with Crippen LogP contribution in [0.4, 0.5) is 5.00 Å². The van der Waals surface area contributed by atoms with Crippen molar-refractivity contribution in [3.8, 4) is 28.7 Å². The minimum Gasteiger partial charge on any atom is -0.462 e. The van der Waals surface area contributed by atoms with E-state index in [1.165, 1.54) is 11.3 Å². The Hall–Kier alpha value is -4.78. The summed E-state index contributed by atoms with van der Waals surface area (Å²) >= 11 is 4.61. The molecule has 2 heterocycles. The van der Waals surface area contributed by atoms with E-state index in [1.54, 1.807) is 73.7 Å². The molecule has 0 unspecified atom stereocenters. The molecule has 0 saturated carbocycles. The number of aromatic nitrogens is 1. The molecule has 5 rings (SSSR count). The lowest BCUT2D eigenvalue weighted by molar-refractivity contribution is 0.0526. The number of nitrogens with zero attached hydrogens (tertiary/aromatic N) is 2. The summed E-state index contributed by atoms with van der Waals surface area (Å²) in [5, 5.41) is 14.0. The van der Waals surface area contributed by atoms with Crippen LogP contribution in [0.1, 0.15) is 44.0 Å². The second-order valence-electron chi connectivity index (χ2n) is 9.19. The van der Waals surface area contributed by atoms with Gasteiger partial charge in [0.2, 0.25) is 0 Å². The second-order valence-corrected chi connectivity index (χ2v) is 11.1. The van der Waals surface area contributed by atoms with Crippen LogP contribution in [0.5, 0.6) is 0 Å². The molecule has 0 bridgehead atoms. The maximum Gasteiger partial charge on any atom is 0.338 e. The predicted molar refractivity (Wildman–Crippen MR) is 168 cm³/mol. The normalized spacial score (nSPS) is 11.1. The number of anilines is 1. The van der Waals surface area contributed by atoms with Crippen molar-refractivity contribution < 1.29 is 18.7 Å². The first kappa shape index (κ1) is 28.7. The third kappa shape index (κ3) is 6.57. The van der Waals surface area contributed by atoms with E-state index in [2.05, 4.69) is 27.3 Å². The average molecular weight is 639 g/mol. The quantitative estimate of drug-likeness (QED) is 0.135. The number of allylic oxidation sites excluding steroid dienone is 1. The number of halogens is 1. The van der Waals surface area contributed by atoms with E-state index in [1.807, 2.05) is 31.2 Å². The van der Waals surface area contributed by atoms with Crippen molar-refractivity contribution in [3.63, 3.8) is 0 Å². The molecule has 0 aliphatic heterocycles. The first-order valence-corrected chi connectivity index (χ1v) is 14.6. The molecule has 0 aliphatic rings. The lowest BCUT2D eigenvalue weighted by Gasteiger charge is -2.06. The number of amides is 1. The van der Waals surface area contributed by atoms with Crippen LogP contribution in [0.3, 0.4) is 0 Å². The monoisotopic (exact) mass is 637 g/mol. The van der Waals surface area contributed by atoms with Crippen LogP contribution in [0.15, 0.2) is 93.8 Å². The number of esters is 1. The van der Waals surface area contributed by atoms with E-state index < -0.39 is 0 Å². The fourth-order valence-corrected chi connectivity index (χ4v) is 5.27. The summed E-state index contributed by atoms with van der Waals surface area (Å²) in [5.41, 5.74) is 4.50. The number of ether oxygens (including phenoxy) is 1. The van der Waals surface area contributed by atoms with Gasteiger partial charge in [-0.1, -0.05) is 69.2 Å². The number of furan rings is 1. The summed E-state index contributed by atoms with van der Waals surface area (Å²) in [6.07, 6.45) is 1.62.